The molecule has 1 unspecified atom stereocenters. The number of nitrogens with zero attached hydrogens (tertiary/aromatic N) is 2. The van der Waals surface area contributed by atoms with Crippen molar-refractivity contribution < 1.29 is 52.2 Å². The summed E-state index contributed by atoms with van der Waals surface area (Å²) in [6, 6.07) is 1.60. The van der Waals surface area contributed by atoms with Crippen molar-refractivity contribution in [3.63, 3.8) is 0 Å². The predicted octanol–water partition coefficient (Wildman–Crippen LogP) is 4.14. The minimum absolute atomic E-state index is 0.0233. The summed E-state index contributed by atoms with van der Waals surface area (Å²) in [6.45, 7) is 0.278. The molecular formula is C20H17Cl2F6N3O6S2. The molecule has 1 saturated heterocycles. The summed E-state index contributed by atoms with van der Waals surface area (Å²) in [5.74, 6) is -3.35. The number of carbonyl (C=O) groups is 1. The third-order valence-electron chi connectivity index (χ3n) is 6.54. The molecule has 1 aromatic carbocycles. The third kappa shape index (κ3) is 5.54. The van der Waals surface area contributed by atoms with Gasteiger partial charge < -0.3 is 9.50 Å². The third-order valence-corrected chi connectivity index (χ3v) is 9.41. The molecule has 1 aliphatic carbocycles. The van der Waals surface area contributed by atoms with Crippen LogP contribution in [0.2, 0.25) is 10.0 Å². The van der Waals surface area contributed by atoms with E-state index in [1.54, 1.807) is 0 Å². The van der Waals surface area contributed by atoms with Gasteiger partial charge in [0.25, 0.3) is 0 Å². The van der Waals surface area contributed by atoms with Crippen LogP contribution in [0, 0.1) is 11.8 Å². The minimum Gasteiger partial charge on any atom is -0.376 e. The number of benzene rings is 1. The van der Waals surface area contributed by atoms with Gasteiger partial charge >= 0.3 is 31.2 Å². The van der Waals surface area contributed by atoms with Crippen LogP contribution in [-0.4, -0.2) is 49.5 Å². The van der Waals surface area contributed by atoms with Gasteiger partial charge in [-0.05, 0) is 42.7 Å². The first-order valence-electron chi connectivity index (χ1n) is 11.0. The van der Waals surface area contributed by atoms with Gasteiger partial charge in [-0.3, -0.25) is 4.79 Å². The standard InChI is InChI=1S/C20H17Cl2F6N3O6S2/c21-13-6-11(37-39(35,36)20(26,27)28)7-14(22)17(13)16(12-3-4-29-18(12)32)9-1-2-15-10(5-9)8-31(30-15)38(33,34)19(23,24)25/h6-9,12,16H,1-5H2,(H,29,32)/t9-,12+,16?/m0/s1. The Hall–Kier alpha value is -2.24. The van der Waals surface area contributed by atoms with Gasteiger partial charge in [0.15, 0.2) is 0 Å². The van der Waals surface area contributed by atoms with Crippen LogP contribution in [0.5, 0.6) is 5.75 Å². The van der Waals surface area contributed by atoms with Gasteiger partial charge in [-0.1, -0.05) is 23.2 Å². The van der Waals surface area contributed by atoms with E-state index < -0.39 is 60.6 Å². The van der Waals surface area contributed by atoms with Gasteiger partial charge in [-0.25, -0.2) is 0 Å². The Kier molecular flexibility index (Phi) is 7.62. The van der Waals surface area contributed by atoms with E-state index >= 15 is 0 Å². The quantitative estimate of drug-likeness (QED) is 0.285. The summed E-state index contributed by atoms with van der Waals surface area (Å²) in [5, 5.41) is 5.61. The van der Waals surface area contributed by atoms with Crippen LogP contribution in [0.3, 0.4) is 0 Å². The largest absolute Gasteiger partial charge is 0.534 e. The number of hydrogen-bond donors (Lipinski definition) is 1. The van der Waals surface area contributed by atoms with Crippen molar-refractivity contribution in [2.75, 3.05) is 6.54 Å². The SMILES string of the molecule is O=C1NCC[C@@H]1C(c1c(Cl)cc(OS(=O)(=O)C(F)(F)F)cc1Cl)[C@H]1CCc2nn(S(=O)(=O)C(F)(F)F)cc2C1. The average Bonchev–Trinajstić information content (AvgIpc) is 3.40. The lowest BCUT2D eigenvalue weighted by atomic mass is 9.70. The number of fused-ring (bicyclic) bond motifs is 1. The Morgan fingerprint density at radius 1 is 1.03 bits per heavy atom. The summed E-state index contributed by atoms with van der Waals surface area (Å²) >= 11 is 12.7. The molecule has 0 saturated carbocycles. The Balaban J connectivity index is 1.73. The lowest BCUT2D eigenvalue weighted by Gasteiger charge is -2.34. The van der Waals surface area contributed by atoms with Gasteiger partial charge in [0.1, 0.15) is 5.75 Å². The molecule has 0 radical (unpaired) electrons. The van der Waals surface area contributed by atoms with Crippen LogP contribution >= 0.6 is 23.2 Å². The van der Waals surface area contributed by atoms with Crippen molar-refractivity contribution in [1.82, 2.24) is 14.5 Å². The number of carbonyl (C=O) groups excluding carboxylic acids is 1. The molecule has 2 aliphatic rings. The fourth-order valence-corrected chi connectivity index (χ4v) is 6.71. The zero-order valence-corrected chi connectivity index (χ0v) is 22.3. The number of alkyl halides is 6. The van der Waals surface area contributed by atoms with Gasteiger partial charge in [0.05, 0.1) is 5.69 Å². The highest BCUT2D eigenvalue weighted by molar-refractivity contribution is 7.90. The molecule has 4 rings (SSSR count). The van der Waals surface area contributed by atoms with Crippen molar-refractivity contribution in [2.24, 2.45) is 11.8 Å². The van der Waals surface area contributed by atoms with Crippen molar-refractivity contribution in [3.8, 4) is 5.75 Å². The monoisotopic (exact) mass is 643 g/mol. The van der Waals surface area contributed by atoms with E-state index in [0.29, 0.717) is 6.42 Å². The van der Waals surface area contributed by atoms with E-state index in [9.17, 15) is 48.0 Å². The number of aromatic nitrogens is 2. The van der Waals surface area contributed by atoms with E-state index in [1.807, 2.05) is 0 Å². The van der Waals surface area contributed by atoms with Crippen LogP contribution in [0.15, 0.2) is 18.3 Å². The molecule has 1 aliphatic heterocycles. The molecule has 1 fully saturated rings. The maximum absolute atomic E-state index is 13.0. The van der Waals surface area contributed by atoms with E-state index in [2.05, 4.69) is 14.6 Å². The minimum atomic E-state index is -6.04. The smallest absolute Gasteiger partial charge is 0.376 e. The fourth-order valence-electron chi connectivity index (χ4n) is 4.87. The zero-order valence-electron chi connectivity index (χ0n) is 19.2. The molecule has 0 spiro atoms. The second-order valence-corrected chi connectivity index (χ2v) is 13.1. The molecule has 9 nitrogen and oxygen atoms in total. The number of amides is 1. The normalized spacial score (nSPS) is 21.4. The first-order chi connectivity index (χ1) is 17.8. The van der Waals surface area contributed by atoms with Crippen LogP contribution in [0.4, 0.5) is 26.3 Å². The Labute approximate surface area is 227 Å². The highest BCUT2D eigenvalue weighted by atomic mass is 35.5. The second-order valence-electron chi connectivity index (χ2n) is 8.92. The van der Waals surface area contributed by atoms with E-state index in [1.165, 1.54) is 0 Å². The van der Waals surface area contributed by atoms with Gasteiger partial charge in [-0.2, -0.15) is 52.4 Å². The summed E-state index contributed by atoms with van der Waals surface area (Å²) in [4.78, 5) is 12.7. The molecule has 216 valence electrons. The van der Waals surface area contributed by atoms with Crippen LogP contribution in [-0.2, 0) is 37.8 Å². The van der Waals surface area contributed by atoms with Gasteiger partial charge in [-0.15, -0.1) is 0 Å². The second kappa shape index (κ2) is 9.99. The van der Waals surface area contributed by atoms with Crippen LogP contribution in [0.1, 0.15) is 35.6 Å². The molecular weight excluding hydrogens is 627 g/mol. The lowest BCUT2D eigenvalue weighted by Crippen LogP contribution is -2.32. The lowest BCUT2D eigenvalue weighted by molar-refractivity contribution is -0.123. The first-order valence-corrected chi connectivity index (χ1v) is 14.6. The number of rotatable bonds is 6. The molecule has 1 aromatic heterocycles. The zero-order chi connectivity index (χ0) is 29.1. The number of halogens is 8. The molecule has 0 bridgehead atoms. The maximum Gasteiger partial charge on any atom is 0.534 e. The van der Waals surface area contributed by atoms with Crippen molar-refractivity contribution in [3.05, 3.63) is 45.2 Å². The highest BCUT2D eigenvalue weighted by Gasteiger charge is 2.50. The molecule has 2 heterocycles. The average molecular weight is 644 g/mol. The molecule has 2 aromatic rings. The van der Waals surface area contributed by atoms with Crippen LogP contribution < -0.4 is 9.50 Å². The van der Waals surface area contributed by atoms with Crippen molar-refractivity contribution in [1.29, 1.82) is 0 Å². The van der Waals surface area contributed by atoms with Crippen LogP contribution in [0.25, 0.3) is 0 Å². The van der Waals surface area contributed by atoms with Gasteiger partial charge in [0.2, 0.25) is 5.91 Å². The molecule has 3 atom stereocenters. The first kappa shape index (κ1) is 29.7. The Bertz CT molecular complexity index is 1500. The summed E-state index contributed by atoms with van der Waals surface area (Å²) in [5.41, 5.74) is -10.9. The maximum atomic E-state index is 13.0. The van der Waals surface area contributed by atoms with E-state index in [-0.39, 0.29) is 56.8 Å². The van der Waals surface area contributed by atoms with E-state index in [4.69, 9.17) is 23.2 Å². The molecule has 39 heavy (non-hydrogen) atoms. The highest BCUT2D eigenvalue weighted by Crippen LogP contribution is 2.48. The number of hydrogen-bond acceptors (Lipinski definition) is 7. The fraction of sp³-hybridized carbons (Fsp3) is 0.500. The molecule has 1 N–H and O–H groups in total. The summed E-state index contributed by atoms with van der Waals surface area (Å²) in [6.07, 6.45) is 1.29. The summed E-state index contributed by atoms with van der Waals surface area (Å²) in [7, 11) is -11.8. The van der Waals surface area contributed by atoms with Gasteiger partial charge in [0, 0.05) is 46.8 Å². The molecule has 1 amide bonds. The van der Waals surface area contributed by atoms with E-state index in [0.717, 1.165) is 18.3 Å². The number of aryl methyl sites for hydroxylation is 1. The number of nitrogens with one attached hydrogen (secondary N) is 1. The Morgan fingerprint density at radius 2 is 1.64 bits per heavy atom. The molecule has 19 heteroatoms. The predicted molar refractivity (Wildman–Crippen MR) is 124 cm³/mol. The van der Waals surface area contributed by atoms with Crippen molar-refractivity contribution in [2.45, 2.75) is 42.6 Å². The topological polar surface area (TPSA) is 124 Å². The Morgan fingerprint density at radius 3 is 2.15 bits per heavy atom. The van der Waals surface area contributed by atoms with Crippen molar-refractivity contribution >= 4 is 49.3 Å². The summed E-state index contributed by atoms with van der Waals surface area (Å²) < 4.78 is 128.